The van der Waals surface area contributed by atoms with E-state index in [2.05, 4.69) is 18.3 Å². The molecular formula is C12H18N2. The van der Waals surface area contributed by atoms with Gasteiger partial charge in [0.25, 0.3) is 0 Å². The van der Waals surface area contributed by atoms with Crippen molar-refractivity contribution in [2.24, 2.45) is 0 Å². The number of hydrogen-bond donors (Lipinski definition) is 2. The van der Waals surface area contributed by atoms with Gasteiger partial charge in [0.2, 0.25) is 0 Å². The van der Waals surface area contributed by atoms with E-state index in [0.717, 1.165) is 5.69 Å². The summed E-state index contributed by atoms with van der Waals surface area (Å²) >= 11 is 0. The van der Waals surface area contributed by atoms with E-state index in [1.165, 1.54) is 36.9 Å². The lowest BCUT2D eigenvalue weighted by atomic mass is 10.1. The van der Waals surface area contributed by atoms with E-state index < -0.39 is 0 Å². The van der Waals surface area contributed by atoms with Crippen LogP contribution < -0.4 is 11.1 Å². The molecule has 0 heterocycles. The van der Waals surface area contributed by atoms with Crippen LogP contribution >= 0.6 is 0 Å². The van der Waals surface area contributed by atoms with E-state index in [1.54, 1.807) is 0 Å². The summed E-state index contributed by atoms with van der Waals surface area (Å²) in [6, 6.07) is 6.74. The largest absolute Gasteiger partial charge is 0.398 e. The lowest BCUT2D eigenvalue weighted by Gasteiger charge is -2.16. The third kappa shape index (κ3) is 1.84. The molecule has 0 spiro atoms. The Kier molecular flexibility index (Phi) is 2.62. The second-order valence-electron chi connectivity index (χ2n) is 4.15. The van der Waals surface area contributed by atoms with Gasteiger partial charge in [0.1, 0.15) is 0 Å². The van der Waals surface area contributed by atoms with E-state index in [0.29, 0.717) is 6.04 Å². The molecule has 14 heavy (non-hydrogen) atoms. The fraction of sp³-hybridized carbons (Fsp3) is 0.500. The maximum atomic E-state index is 5.85. The molecule has 0 saturated heterocycles. The van der Waals surface area contributed by atoms with Crippen LogP contribution in [0.2, 0.25) is 0 Å². The number of nitrogens with one attached hydrogen (secondary N) is 1. The van der Waals surface area contributed by atoms with Crippen LogP contribution in [-0.2, 0) is 0 Å². The predicted molar refractivity (Wildman–Crippen MR) is 61.5 cm³/mol. The van der Waals surface area contributed by atoms with E-state index in [1.807, 2.05) is 12.1 Å². The van der Waals surface area contributed by atoms with Crippen LogP contribution in [0.15, 0.2) is 18.2 Å². The van der Waals surface area contributed by atoms with Crippen LogP contribution in [0.4, 0.5) is 11.4 Å². The molecule has 0 aromatic heterocycles. The van der Waals surface area contributed by atoms with E-state index in [4.69, 9.17) is 5.73 Å². The molecule has 0 aliphatic heterocycles. The van der Waals surface area contributed by atoms with Crippen molar-refractivity contribution in [1.82, 2.24) is 0 Å². The fourth-order valence-electron chi connectivity index (χ4n) is 2.10. The molecule has 2 heteroatoms. The quantitative estimate of drug-likeness (QED) is 0.704. The molecule has 0 unspecified atom stereocenters. The Hall–Kier alpha value is -1.18. The second kappa shape index (κ2) is 3.91. The zero-order valence-electron chi connectivity index (χ0n) is 8.72. The van der Waals surface area contributed by atoms with E-state index >= 15 is 0 Å². The van der Waals surface area contributed by atoms with Gasteiger partial charge in [-0.05, 0) is 37.5 Å². The Morgan fingerprint density at radius 3 is 2.71 bits per heavy atom. The number of rotatable bonds is 2. The molecule has 0 bridgehead atoms. The van der Waals surface area contributed by atoms with Gasteiger partial charge in [-0.2, -0.15) is 0 Å². The molecule has 1 aliphatic carbocycles. The van der Waals surface area contributed by atoms with Gasteiger partial charge in [-0.25, -0.2) is 0 Å². The summed E-state index contributed by atoms with van der Waals surface area (Å²) in [4.78, 5) is 0. The SMILES string of the molecule is Cc1c(N)cccc1NC1CCCC1. The predicted octanol–water partition coefficient (Wildman–Crippen LogP) is 2.93. The van der Waals surface area contributed by atoms with Crippen LogP contribution in [0.25, 0.3) is 0 Å². The number of nitrogens with two attached hydrogens (primary N) is 1. The molecule has 0 radical (unpaired) electrons. The van der Waals surface area contributed by atoms with Gasteiger partial charge in [-0.15, -0.1) is 0 Å². The summed E-state index contributed by atoms with van der Waals surface area (Å²) in [7, 11) is 0. The highest BCUT2D eigenvalue weighted by atomic mass is 14.9. The summed E-state index contributed by atoms with van der Waals surface area (Å²) in [5, 5.41) is 3.57. The zero-order valence-corrected chi connectivity index (χ0v) is 8.72. The summed E-state index contributed by atoms with van der Waals surface area (Å²) < 4.78 is 0. The minimum atomic E-state index is 0.662. The maximum absolute atomic E-state index is 5.85. The summed E-state index contributed by atoms with van der Waals surface area (Å²) in [5.41, 5.74) is 9.12. The maximum Gasteiger partial charge on any atom is 0.0392 e. The topological polar surface area (TPSA) is 38.0 Å². The van der Waals surface area contributed by atoms with Crippen molar-refractivity contribution in [2.75, 3.05) is 11.1 Å². The number of hydrogen-bond acceptors (Lipinski definition) is 2. The van der Waals surface area contributed by atoms with Crippen LogP contribution in [0.3, 0.4) is 0 Å². The van der Waals surface area contributed by atoms with Crippen molar-refractivity contribution in [1.29, 1.82) is 0 Å². The van der Waals surface area contributed by atoms with Gasteiger partial charge in [0, 0.05) is 17.4 Å². The molecule has 1 fully saturated rings. The standard InChI is InChI=1S/C12H18N2/c1-9-11(13)7-4-8-12(9)14-10-5-2-3-6-10/h4,7-8,10,14H,2-3,5-6,13H2,1H3. The number of benzene rings is 1. The molecule has 0 amide bonds. The van der Waals surface area contributed by atoms with Gasteiger partial charge in [-0.1, -0.05) is 18.9 Å². The first-order valence-electron chi connectivity index (χ1n) is 5.39. The van der Waals surface area contributed by atoms with Crippen molar-refractivity contribution < 1.29 is 0 Å². The Bertz CT molecular complexity index is 314. The molecule has 1 aromatic carbocycles. The monoisotopic (exact) mass is 190 g/mol. The van der Waals surface area contributed by atoms with Gasteiger partial charge in [0.05, 0.1) is 0 Å². The molecule has 1 saturated carbocycles. The zero-order chi connectivity index (χ0) is 9.97. The highest BCUT2D eigenvalue weighted by molar-refractivity contribution is 5.63. The van der Waals surface area contributed by atoms with Crippen molar-refractivity contribution in [3.8, 4) is 0 Å². The van der Waals surface area contributed by atoms with Crippen molar-refractivity contribution in [2.45, 2.75) is 38.6 Å². The minimum absolute atomic E-state index is 0.662. The van der Waals surface area contributed by atoms with E-state index in [9.17, 15) is 0 Å². The van der Waals surface area contributed by atoms with Crippen molar-refractivity contribution >= 4 is 11.4 Å². The highest BCUT2D eigenvalue weighted by Gasteiger charge is 2.15. The summed E-state index contributed by atoms with van der Waals surface area (Å²) in [6.45, 7) is 2.08. The van der Waals surface area contributed by atoms with Crippen LogP contribution in [0.1, 0.15) is 31.2 Å². The van der Waals surface area contributed by atoms with Crippen molar-refractivity contribution in [3.63, 3.8) is 0 Å². The molecule has 2 rings (SSSR count). The molecule has 76 valence electrons. The lowest BCUT2D eigenvalue weighted by molar-refractivity contribution is 0.754. The van der Waals surface area contributed by atoms with Crippen LogP contribution in [0, 0.1) is 6.92 Å². The first-order valence-corrected chi connectivity index (χ1v) is 5.39. The Morgan fingerprint density at radius 1 is 1.29 bits per heavy atom. The number of anilines is 2. The molecule has 2 nitrogen and oxygen atoms in total. The third-order valence-corrected chi connectivity index (χ3v) is 3.09. The van der Waals surface area contributed by atoms with Crippen molar-refractivity contribution in [3.05, 3.63) is 23.8 Å². The van der Waals surface area contributed by atoms with Gasteiger partial charge in [-0.3, -0.25) is 0 Å². The molecule has 3 N–H and O–H groups in total. The lowest BCUT2D eigenvalue weighted by Crippen LogP contribution is -2.15. The van der Waals surface area contributed by atoms with Crippen LogP contribution in [0.5, 0.6) is 0 Å². The normalized spacial score (nSPS) is 17.2. The fourth-order valence-corrected chi connectivity index (χ4v) is 2.10. The Labute approximate surface area is 85.5 Å². The Balaban J connectivity index is 2.11. The van der Waals surface area contributed by atoms with Gasteiger partial charge < -0.3 is 11.1 Å². The first-order chi connectivity index (χ1) is 6.77. The summed E-state index contributed by atoms with van der Waals surface area (Å²) in [6.07, 6.45) is 5.32. The minimum Gasteiger partial charge on any atom is -0.398 e. The molecule has 1 aromatic rings. The molecule has 1 aliphatic rings. The smallest absolute Gasteiger partial charge is 0.0392 e. The van der Waals surface area contributed by atoms with Gasteiger partial charge in [0.15, 0.2) is 0 Å². The Morgan fingerprint density at radius 2 is 2.00 bits per heavy atom. The third-order valence-electron chi connectivity index (χ3n) is 3.09. The average Bonchev–Trinajstić information content (AvgIpc) is 2.66. The highest BCUT2D eigenvalue weighted by Crippen LogP contribution is 2.26. The summed E-state index contributed by atoms with van der Waals surface area (Å²) in [5.74, 6) is 0. The average molecular weight is 190 g/mol. The first kappa shape index (κ1) is 9.38. The number of nitrogen functional groups attached to an aromatic ring is 1. The van der Waals surface area contributed by atoms with E-state index in [-0.39, 0.29) is 0 Å². The van der Waals surface area contributed by atoms with Gasteiger partial charge >= 0.3 is 0 Å². The molecule has 0 atom stereocenters. The second-order valence-corrected chi connectivity index (χ2v) is 4.15. The van der Waals surface area contributed by atoms with Crippen LogP contribution in [-0.4, -0.2) is 6.04 Å². The molecular weight excluding hydrogens is 172 g/mol.